The van der Waals surface area contributed by atoms with Crippen LogP contribution in [0.1, 0.15) is 55.2 Å². The Balaban J connectivity index is 1.38. The average molecular weight is 393 g/mol. The highest BCUT2D eigenvalue weighted by molar-refractivity contribution is 5.86. The van der Waals surface area contributed by atoms with Gasteiger partial charge in [-0.05, 0) is 71.6 Å². The Bertz CT molecular complexity index is 1080. The highest BCUT2D eigenvalue weighted by atomic mass is 14.4. The van der Waals surface area contributed by atoms with E-state index < -0.39 is 0 Å². The summed E-state index contributed by atoms with van der Waals surface area (Å²) in [4.78, 5) is 0. The average Bonchev–Trinajstić information content (AvgIpc) is 3.23. The highest BCUT2D eigenvalue weighted by Crippen LogP contribution is 2.46. The van der Waals surface area contributed by atoms with Crippen molar-refractivity contribution in [3.63, 3.8) is 0 Å². The molecule has 5 rings (SSSR count). The molecule has 0 nitrogen and oxygen atoms in total. The number of rotatable bonds is 5. The number of aryl methyl sites for hydroxylation is 2. The Morgan fingerprint density at radius 3 is 2.37 bits per heavy atom. The van der Waals surface area contributed by atoms with Crippen molar-refractivity contribution in [2.45, 2.75) is 51.9 Å². The lowest BCUT2D eigenvalue weighted by molar-refractivity contribution is 0.314. The molecule has 1 atom stereocenters. The minimum Gasteiger partial charge on any atom is -0.0622 e. The fraction of sp³-hybridized carbons (Fsp3) is 0.333. The fourth-order valence-electron chi connectivity index (χ4n) is 5.79. The molecule has 1 unspecified atom stereocenters. The van der Waals surface area contributed by atoms with Crippen molar-refractivity contribution in [1.82, 2.24) is 0 Å². The zero-order chi connectivity index (χ0) is 20.3. The third-order valence-electron chi connectivity index (χ3n) is 7.27. The van der Waals surface area contributed by atoms with Crippen LogP contribution >= 0.6 is 0 Å². The minimum atomic E-state index is 0.620. The van der Waals surface area contributed by atoms with Crippen LogP contribution in [0.25, 0.3) is 16.3 Å². The van der Waals surface area contributed by atoms with E-state index >= 15 is 0 Å². The van der Waals surface area contributed by atoms with Crippen LogP contribution in [-0.2, 0) is 6.42 Å². The topological polar surface area (TPSA) is 0 Å². The van der Waals surface area contributed by atoms with E-state index in [-0.39, 0.29) is 0 Å². The van der Waals surface area contributed by atoms with E-state index in [2.05, 4.69) is 85.8 Å². The number of hydrogen-bond acceptors (Lipinski definition) is 0. The summed E-state index contributed by atoms with van der Waals surface area (Å²) < 4.78 is 0. The van der Waals surface area contributed by atoms with Crippen molar-refractivity contribution in [3.05, 3.63) is 101 Å². The lowest BCUT2D eigenvalue weighted by atomic mass is 9.72. The normalized spacial score (nSPS) is 19.7. The molecular formula is C30H32. The van der Waals surface area contributed by atoms with Gasteiger partial charge in [0.2, 0.25) is 0 Å². The van der Waals surface area contributed by atoms with Crippen LogP contribution < -0.4 is 0 Å². The van der Waals surface area contributed by atoms with E-state index in [1.165, 1.54) is 66.0 Å². The molecule has 0 radical (unpaired) electrons. The first kappa shape index (κ1) is 19.4. The first-order chi connectivity index (χ1) is 14.8. The molecule has 0 saturated heterocycles. The van der Waals surface area contributed by atoms with E-state index in [9.17, 15) is 0 Å². The molecule has 0 aromatic heterocycles. The van der Waals surface area contributed by atoms with E-state index in [1.54, 1.807) is 11.1 Å². The monoisotopic (exact) mass is 392 g/mol. The summed E-state index contributed by atoms with van der Waals surface area (Å²) in [5.74, 6) is 1.44. The lowest BCUT2D eigenvalue weighted by Gasteiger charge is -2.32. The van der Waals surface area contributed by atoms with Crippen molar-refractivity contribution < 1.29 is 0 Å². The zero-order valence-corrected chi connectivity index (χ0v) is 18.1. The molecule has 0 bridgehead atoms. The van der Waals surface area contributed by atoms with Crippen LogP contribution in [0.3, 0.4) is 0 Å². The molecule has 30 heavy (non-hydrogen) atoms. The Labute approximate surface area is 181 Å². The van der Waals surface area contributed by atoms with Gasteiger partial charge in [0.05, 0.1) is 0 Å². The quantitative estimate of drug-likeness (QED) is 0.409. The largest absolute Gasteiger partial charge is 0.0622 e. The molecule has 152 valence electrons. The Kier molecular flexibility index (Phi) is 5.58. The second-order valence-corrected chi connectivity index (χ2v) is 9.24. The maximum Gasteiger partial charge on any atom is 0.00856 e. The van der Waals surface area contributed by atoms with Crippen LogP contribution in [0, 0.1) is 18.8 Å². The van der Waals surface area contributed by atoms with Crippen LogP contribution in [0.15, 0.2) is 84.5 Å². The van der Waals surface area contributed by atoms with Gasteiger partial charge in [-0.25, -0.2) is 0 Å². The van der Waals surface area contributed by atoms with Gasteiger partial charge in [0.1, 0.15) is 0 Å². The maximum atomic E-state index is 2.45. The minimum absolute atomic E-state index is 0.620. The molecule has 2 aliphatic rings. The first-order valence-corrected chi connectivity index (χ1v) is 11.7. The fourth-order valence-corrected chi connectivity index (χ4v) is 5.79. The number of hydrogen-bond donors (Lipinski definition) is 0. The molecule has 0 N–H and O–H groups in total. The van der Waals surface area contributed by atoms with Gasteiger partial charge < -0.3 is 0 Å². The van der Waals surface area contributed by atoms with Crippen LogP contribution in [0.5, 0.6) is 0 Å². The second kappa shape index (κ2) is 8.64. The summed E-state index contributed by atoms with van der Waals surface area (Å²) in [6.07, 6.45) is 14.2. The highest BCUT2D eigenvalue weighted by Gasteiger charge is 2.32. The van der Waals surface area contributed by atoms with Gasteiger partial charge in [-0.1, -0.05) is 104 Å². The van der Waals surface area contributed by atoms with Crippen LogP contribution in [0.4, 0.5) is 0 Å². The molecule has 2 aliphatic carbocycles. The Morgan fingerprint density at radius 1 is 0.767 bits per heavy atom. The smallest absolute Gasteiger partial charge is 0.00856 e. The van der Waals surface area contributed by atoms with Crippen molar-refractivity contribution in [1.29, 1.82) is 0 Å². The standard InChI is InChI=1S/C30H32/c1-22-20-23(21-27-14-8-9-15-28(22)27)16-17-26-18-19-29(24-10-4-2-5-11-24)30(26)25-12-6-3-7-13-25/h2,4-5,8-11,14-15,18-21,25,30H,3,6-7,12-13,16-17H2,1H3. The van der Waals surface area contributed by atoms with Gasteiger partial charge in [-0.3, -0.25) is 0 Å². The number of allylic oxidation sites excluding steroid dienone is 4. The maximum absolute atomic E-state index is 2.45. The van der Waals surface area contributed by atoms with Crippen LogP contribution in [-0.4, -0.2) is 0 Å². The SMILES string of the molecule is Cc1cc(CCC2=CC=C(c3ccccc3)C2C2CCCCC2)cc2ccccc12. The summed E-state index contributed by atoms with van der Waals surface area (Å²) in [5.41, 5.74) is 7.51. The van der Waals surface area contributed by atoms with Crippen molar-refractivity contribution in [3.8, 4) is 0 Å². The molecule has 3 aromatic carbocycles. The molecule has 0 aliphatic heterocycles. The molecule has 1 fully saturated rings. The van der Waals surface area contributed by atoms with Crippen molar-refractivity contribution >= 4 is 16.3 Å². The molecule has 0 heterocycles. The summed E-state index contributed by atoms with van der Waals surface area (Å²) in [5, 5.41) is 2.76. The summed E-state index contributed by atoms with van der Waals surface area (Å²) in [6.45, 7) is 2.25. The molecule has 0 amide bonds. The molecule has 0 heteroatoms. The van der Waals surface area contributed by atoms with Gasteiger partial charge in [-0.2, -0.15) is 0 Å². The van der Waals surface area contributed by atoms with Crippen LogP contribution in [0.2, 0.25) is 0 Å². The van der Waals surface area contributed by atoms with E-state index in [1.807, 2.05) is 0 Å². The van der Waals surface area contributed by atoms with Crippen molar-refractivity contribution in [2.75, 3.05) is 0 Å². The molecule has 0 spiro atoms. The predicted molar refractivity (Wildman–Crippen MR) is 130 cm³/mol. The van der Waals surface area contributed by atoms with Crippen molar-refractivity contribution in [2.24, 2.45) is 11.8 Å². The Morgan fingerprint density at radius 2 is 1.53 bits per heavy atom. The number of benzene rings is 3. The molecule has 3 aromatic rings. The van der Waals surface area contributed by atoms with E-state index in [0.717, 1.165) is 12.3 Å². The van der Waals surface area contributed by atoms with Gasteiger partial charge in [-0.15, -0.1) is 0 Å². The van der Waals surface area contributed by atoms with Gasteiger partial charge in [0.25, 0.3) is 0 Å². The predicted octanol–water partition coefficient (Wildman–Crippen LogP) is 8.30. The van der Waals surface area contributed by atoms with Gasteiger partial charge >= 0.3 is 0 Å². The third-order valence-corrected chi connectivity index (χ3v) is 7.27. The first-order valence-electron chi connectivity index (χ1n) is 11.7. The Hall–Kier alpha value is -2.60. The third kappa shape index (κ3) is 3.88. The second-order valence-electron chi connectivity index (χ2n) is 9.24. The zero-order valence-electron chi connectivity index (χ0n) is 18.1. The summed E-state index contributed by atoms with van der Waals surface area (Å²) in [7, 11) is 0. The van der Waals surface area contributed by atoms with Gasteiger partial charge in [0.15, 0.2) is 0 Å². The summed E-state index contributed by atoms with van der Waals surface area (Å²) >= 11 is 0. The molecule has 1 saturated carbocycles. The summed E-state index contributed by atoms with van der Waals surface area (Å²) in [6, 6.07) is 24.7. The number of fused-ring (bicyclic) bond motifs is 1. The lowest BCUT2D eigenvalue weighted by Crippen LogP contribution is -2.20. The molecular weight excluding hydrogens is 360 g/mol. The van der Waals surface area contributed by atoms with Gasteiger partial charge in [0, 0.05) is 5.92 Å². The van der Waals surface area contributed by atoms with E-state index in [4.69, 9.17) is 0 Å². The van der Waals surface area contributed by atoms with E-state index in [0.29, 0.717) is 5.92 Å².